The summed E-state index contributed by atoms with van der Waals surface area (Å²) in [6.45, 7) is 6.73. The van der Waals surface area contributed by atoms with Gasteiger partial charge in [-0.1, -0.05) is 143 Å². The van der Waals surface area contributed by atoms with Crippen LogP contribution in [0.15, 0.2) is 0 Å². The van der Waals surface area contributed by atoms with Crippen LogP contribution in [0.2, 0.25) is 0 Å². The van der Waals surface area contributed by atoms with Crippen molar-refractivity contribution in [2.24, 2.45) is 0 Å². The van der Waals surface area contributed by atoms with Gasteiger partial charge >= 0.3 is 13.6 Å². The molecule has 1 unspecified atom stereocenters. The molecular formula is C30H61O5P. The molecule has 0 spiro atoms. The summed E-state index contributed by atoms with van der Waals surface area (Å²) in [4.78, 5) is 32.5. The van der Waals surface area contributed by atoms with E-state index in [9.17, 15) is 19.1 Å². The predicted octanol–water partition coefficient (Wildman–Crippen LogP) is 9.87. The summed E-state index contributed by atoms with van der Waals surface area (Å²) in [5.41, 5.74) is 0. The Labute approximate surface area is 224 Å². The lowest BCUT2D eigenvalue weighted by atomic mass is 9.92. The molecule has 216 valence electrons. The van der Waals surface area contributed by atoms with Crippen LogP contribution < -0.4 is 0 Å². The lowest BCUT2D eigenvalue weighted by molar-refractivity contribution is -0.144. The van der Waals surface area contributed by atoms with Crippen LogP contribution in [0.1, 0.15) is 175 Å². The second-order valence-electron chi connectivity index (χ2n) is 11.0. The first-order chi connectivity index (χ1) is 17.3. The highest BCUT2D eigenvalue weighted by Gasteiger charge is 2.44. The van der Waals surface area contributed by atoms with Gasteiger partial charge in [0, 0.05) is 6.42 Å². The molecule has 0 fully saturated rings. The zero-order valence-electron chi connectivity index (χ0n) is 24.2. The van der Waals surface area contributed by atoms with Crippen molar-refractivity contribution >= 4 is 13.6 Å². The second-order valence-corrected chi connectivity index (χ2v) is 13.0. The smallest absolute Gasteiger partial charge is 0.331 e. The third kappa shape index (κ3) is 18.8. The molecule has 0 aliphatic rings. The summed E-state index contributed by atoms with van der Waals surface area (Å²) in [6.07, 6.45) is 25.4. The Hall–Kier alpha value is -0.380. The fourth-order valence-corrected chi connectivity index (χ4v) is 6.36. The van der Waals surface area contributed by atoms with Crippen LogP contribution in [-0.4, -0.2) is 27.5 Å². The first-order valence-corrected chi connectivity index (χ1v) is 17.2. The van der Waals surface area contributed by atoms with Gasteiger partial charge in [-0.2, -0.15) is 0 Å². The van der Waals surface area contributed by atoms with Gasteiger partial charge in [-0.25, -0.2) is 0 Å². The summed E-state index contributed by atoms with van der Waals surface area (Å²) in [5, 5.41) is -1.09. The zero-order valence-corrected chi connectivity index (χ0v) is 25.1. The molecule has 0 aliphatic heterocycles. The van der Waals surface area contributed by atoms with Gasteiger partial charge in [0.2, 0.25) is 0 Å². The van der Waals surface area contributed by atoms with Gasteiger partial charge in [0.25, 0.3) is 0 Å². The SMILES string of the molecule is CCCCCCCCCCCCOC(=O)CCC(CC)(CCCCCCCCCCCC)P(=O)(O)O. The normalized spacial score (nSPS) is 13.6. The highest BCUT2D eigenvalue weighted by atomic mass is 31.2. The number of esters is 1. The maximum atomic E-state index is 12.4. The lowest BCUT2D eigenvalue weighted by Gasteiger charge is -2.33. The first-order valence-electron chi connectivity index (χ1n) is 15.5. The minimum atomic E-state index is -4.30. The summed E-state index contributed by atoms with van der Waals surface area (Å²) in [7, 11) is -4.30. The summed E-state index contributed by atoms with van der Waals surface area (Å²) >= 11 is 0. The first kappa shape index (κ1) is 35.6. The van der Waals surface area contributed by atoms with Crippen molar-refractivity contribution in [2.45, 2.75) is 180 Å². The van der Waals surface area contributed by atoms with E-state index >= 15 is 0 Å². The van der Waals surface area contributed by atoms with Crippen LogP contribution >= 0.6 is 7.60 Å². The molecule has 2 N–H and O–H groups in total. The molecule has 0 saturated carbocycles. The van der Waals surface area contributed by atoms with Gasteiger partial charge in [0.15, 0.2) is 0 Å². The van der Waals surface area contributed by atoms with Crippen molar-refractivity contribution in [3.63, 3.8) is 0 Å². The van der Waals surface area contributed by atoms with Gasteiger partial charge < -0.3 is 14.5 Å². The van der Waals surface area contributed by atoms with Crippen LogP contribution in [-0.2, 0) is 14.1 Å². The second kappa shape index (κ2) is 23.7. The van der Waals surface area contributed by atoms with Crippen LogP contribution in [0.4, 0.5) is 0 Å². The van der Waals surface area contributed by atoms with Crippen molar-refractivity contribution < 1.29 is 23.9 Å². The van der Waals surface area contributed by atoms with Crippen molar-refractivity contribution in [1.82, 2.24) is 0 Å². The van der Waals surface area contributed by atoms with Gasteiger partial charge in [-0.05, 0) is 25.7 Å². The average Bonchev–Trinajstić information content (AvgIpc) is 2.84. The molecule has 0 aromatic carbocycles. The van der Waals surface area contributed by atoms with Crippen molar-refractivity contribution in [1.29, 1.82) is 0 Å². The molecule has 5 nitrogen and oxygen atoms in total. The van der Waals surface area contributed by atoms with E-state index in [1.165, 1.54) is 96.3 Å². The van der Waals surface area contributed by atoms with E-state index in [0.717, 1.165) is 32.1 Å². The quantitative estimate of drug-likeness (QED) is 0.0624. The molecule has 0 radical (unpaired) electrons. The van der Waals surface area contributed by atoms with Gasteiger partial charge in [0.1, 0.15) is 0 Å². The van der Waals surface area contributed by atoms with E-state index in [4.69, 9.17) is 4.74 Å². The largest absolute Gasteiger partial charge is 0.466 e. The molecule has 0 heterocycles. The number of hydrogen-bond acceptors (Lipinski definition) is 3. The van der Waals surface area contributed by atoms with E-state index in [-0.39, 0.29) is 18.8 Å². The van der Waals surface area contributed by atoms with Gasteiger partial charge in [-0.15, -0.1) is 0 Å². The fourth-order valence-electron chi connectivity index (χ4n) is 5.10. The number of rotatable bonds is 27. The van der Waals surface area contributed by atoms with Gasteiger partial charge in [0.05, 0.1) is 11.8 Å². The van der Waals surface area contributed by atoms with E-state index in [0.29, 0.717) is 19.4 Å². The Balaban J connectivity index is 4.06. The van der Waals surface area contributed by atoms with Crippen LogP contribution in [0, 0.1) is 0 Å². The average molecular weight is 533 g/mol. The Morgan fingerprint density at radius 2 is 1.00 bits per heavy atom. The molecule has 0 aromatic rings. The number of carbonyl (C=O) groups excluding carboxylic acids is 1. The molecule has 0 saturated heterocycles. The molecule has 0 aromatic heterocycles. The van der Waals surface area contributed by atoms with Crippen molar-refractivity contribution in [2.75, 3.05) is 6.61 Å². The minimum absolute atomic E-state index is 0.0917. The third-order valence-corrected chi connectivity index (χ3v) is 9.83. The van der Waals surface area contributed by atoms with E-state index < -0.39 is 12.8 Å². The zero-order chi connectivity index (χ0) is 27.0. The number of hydrogen-bond donors (Lipinski definition) is 2. The van der Waals surface area contributed by atoms with Crippen LogP contribution in [0.25, 0.3) is 0 Å². The minimum Gasteiger partial charge on any atom is -0.466 e. The lowest BCUT2D eigenvalue weighted by Crippen LogP contribution is -2.29. The van der Waals surface area contributed by atoms with Gasteiger partial charge in [-0.3, -0.25) is 9.36 Å². The summed E-state index contributed by atoms with van der Waals surface area (Å²) in [5.74, 6) is -0.319. The molecular weight excluding hydrogens is 471 g/mol. The number of unbranched alkanes of at least 4 members (excludes halogenated alkanes) is 18. The molecule has 36 heavy (non-hydrogen) atoms. The molecule has 0 rings (SSSR count). The van der Waals surface area contributed by atoms with Crippen LogP contribution in [0.3, 0.4) is 0 Å². The fraction of sp³-hybridized carbons (Fsp3) is 0.967. The monoisotopic (exact) mass is 532 g/mol. The summed E-state index contributed by atoms with van der Waals surface area (Å²) < 4.78 is 17.8. The number of ether oxygens (including phenoxy) is 1. The molecule has 0 bridgehead atoms. The van der Waals surface area contributed by atoms with E-state index in [1.807, 2.05) is 6.92 Å². The summed E-state index contributed by atoms with van der Waals surface area (Å²) in [6, 6.07) is 0. The molecule has 0 amide bonds. The molecule has 6 heteroatoms. The Morgan fingerprint density at radius 1 is 0.611 bits per heavy atom. The Bertz CT molecular complexity index is 547. The molecule has 0 aliphatic carbocycles. The highest BCUT2D eigenvalue weighted by molar-refractivity contribution is 7.53. The van der Waals surface area contributed by atoms with Crippen molar-refractivity contribution in [3.05, 3.63) is 0 Å². The standard InChI is InChI=1S/C30H61O5P/c1-4-7-9-11-13-15-17-19-21-23-26-30(6-3,36(32,33)34)27-25-29(31)35-28-24-22-20-18-16-14-12-10-8-5-2/h4-28H2,1-3H3,(H2,32,33,34). The topological polar surface area (TPSA) is 83.8 Å². The van der Waals surface area contributed by atoms with Crippen LogP contribution in [0.5, 0.6) is 0 Å². The predicted molar refractivity (Wildman–Crippen MR) is 154 cm³/mol. The Kier molecular flexibility index (Phi) is 23.5. The third-order valence-electron chi connectivity index (χ3n) is 7.83. The van der Waals surface area contributed by atoms with E-state index in [2.05, 4.69) is 13.8 Å². The highest BCUT2D eigenvalue weighted by Crippen LogP contribution is 2.57. The van der Waals surface area contributed by atoms with Crippen molar-refractivity contribution in [3.8, 4) is 0 Å². The maximum Gasteiger partial charge on any atom is 0.331 e. The number of carbonyl (C=O) groups is 1. The van der Waals surface area contributed by atoms with E-state index in [1.54, 1.807) is 0 Å². The Morgan fingerprint density at radius 3 is 1.39 bits per heavy atom. The molecule has 1 atom stereocenters. The maximum absolute atomic E-state index is 12.4.